The van der Waals surface area contributed by atoms with Crippen molar-refractivity contribution >= 4 is 56.8 Å². The Bertz CT molecular complexity index is 974. The van der Waals surface area contributed by atoms with Crippen molar-refractivity contribution in [1.29, 1.82) is 0 Å². The first kappa shape index (κ1) is 19.1. The van der Waals surface area contributed by atoms with E-state index in [-0.39, 0.29) is 10.7 Å². The summed E-state index contributed by atoms with van der Waals surface area (Å²) in [5.41, 5.74) is 0.964. The Morgan fingerprint density at radius 2 is 1.78 bits per heavy atom. The molecule has 6 nitrogen and oxygen atoms in total. The number of ether oxygens (including phenoxy) is 2. The molecule has 0 saturated carbocycles. The van der Waals surface area contributed by atoms with Crippen LogP contribution in [0.25, 0.3) is 6.08 Å². The van der Waals surface area contributed by atoms with Crippen LogP contribution in [0.2, 0.25) is 0 Å². The van der Waals surface area contributed by atoms with Crippen LogP contribution in [-0.2, 0) is 9.59 Å². The zero-order chi connectivity index (χ0) is 19.6. The maximum absolute atomic E-state index is 13.1. The minimum absolute atomic E-state index is 0.00661. The van der Waals surface area contributed by atoms with E-state index in [1.807, 2.05) is 0 Å². The molecule has 138 valence electrons. The van der Waals surface area contributed by atoms with E-state index in [9.17, 15) is 9.59 Å². The van der Waals surface area contributed by atoms with Crippen molar-refractivity contribution in [3.63, 3.8) is 0 Å². The number of methoxy groups -OCH3 is 2. The van der Waals surface area contributed by atoms with E-state index in [1.54, 1.807) is 42.5 Å². The Hall–Kier alpha value is -2.71. The van der Waals surface area contributed by atoms with Gasteiger partial charge in [0.2, 0.25) is 0 Å². The fourth-order valence-corrected chi connectivity index (χ4v) is 3.32. The number of carbonyl (C=O) groups is 2. The van der Waals surface area contributed by atoms with E-state index < -0.39 is 11.8 Å². The maximum atomic E-state index is 13.1. The molecule has 27 heavy (non-hydrogen) atoms. The molecule has 8 heteroatoms. The van der Waals surface area contributed by atoms with Gasteiger partial charge < -0.3 is 9.47 Å². The highest BCUT2D eigenvalue weighted by molar-refractivity contribution is 9.10. The van der Waals surface area contributed by atoms with E-state index in [4.69, 9.17) is 21.7 Å². The molecular formula is C19H15BrN2O4S. The van der Waals surface area contributed by atoms with Gasteiger partial charge >= 0.3 is 0 Å². The number of hydrogen-bond donors (Lipinski definition) is 1. The highest BCUT2D eigenvalue weighted by Crippen LogP contribution is 2.32. The lowest BCUT2D eigenvalue weighted by Crippen LogP contribution is -2.54. The SMILES string of the molecule is COc1ccc(Br)cc1/C=C1\C(=O)NC(=S)N(c2ccccc2OC)C1=O. The monoisotopic (exact) mass is 446 g/mol. The average Bonchev–Trinajstić information content (AvgIpc) is 2.65. The molecular weight excluding hydrogens is 432 g/mol. The number of halogens is 1. The van der Waals surface area contributed by atoms with E-state index >= 15 is 0 Å². The van der Waals surface area contributed by atoms with Gasteiger partial charge in [-0.15, -0.1) is 0 Å². The molecule has 0 spiro atoms. The first-order valence-corrected chi connectivity index (χ1v) is 9.04. The first-order valence-electron chi connectivity index (χ1n) is 7.84. The van der Waals surface area contributed by atoms with Crippen molar-refractivity contribution in [2.24, 2.45) is 0 Å². The number of thiocarbonyl (C=S) groups is 1. The molecule has 1 fully saturated rings. The number of carbonyl (C=O) groups excluding carboxylic acids is 2. The predicted molar refractivity (Wildman–Crippen MR) is 110 cm³/mol. The van der Waals surface area contributed by atoms with Crippen LogP contribution in [0.3, 0.4) is 0 Å². The van der Waals surface area contributed by atoms with E-state index in [1.165, 1.54) is 25.2 Å². The third kappa shape index (κ3) is 3.72. The van der Waals surface area contributed by atoms with Crippen LogP contribution in [0.15, 0.2) is 52.5 Å². The van der Waals surface area contributed by atoms with Gasteiger partial charge in [0.05, 0.1) is 19.9 Å². The van der Waals surface area contributed by atoms with Crippen LogP contribution >= 0.6 is 28.1 Å². The molecule has 3 rings (SSSR count). The fourth-order valence-electron chi connectivity index (χ4n) is 2.66. The molecule has 2 amide bonds. The molecule has 2 aromatic carbocycles. The van der Waals surface area contributed by atoms with Gasteiger partial charge in [-0.1, -0.05) is 28.1 Å². The lowest BCUT2D eigenvalue weighted by molar-refractivity contribution is -0.122. The fraction of sp³-hybridized carbons (Fsp3) is 0.105. The molecule has 0 atom stereocenters. The second-order valence-corrected chi connectivity index (χ2v) is 6.82. The normalized spacial score (nSPS) is 15.7. The minimum atomic E-state index is -0.571. The summed E-state index contributed by atoms with van der Waals surface area (Å²) in [4.78, 5) is 26.8. The number of nitrogens with zero attached hydrogens (tertiary/aromatic N) is 1. The number of rotatable bonds is 4. The van der Waals surface area contributed by atoms with Gasteiger partial charge in [-0.3, -0.25) is 14.9 Å². The molecule has 1 aliphatic rings. The predicted octanol–water partition coefficient (Wildman–Crippen LogP) is 3.30. The average molecular weight is 447 g/mol. The summed E-state index contributed by atoms with van der Waals surface area (Å²) in [6.07, 6.45) is 1.48. The molecule has 2 aromatic rings. The molecule has 1 heterocycles. The number of hydrogen-bond acceptors (Lipinski definition) is 5. The van der Waals surface area contributed by atoms with Crippen LogP contribution in [0.5, 0.6) is 11.5 Å². The van der Waals surface area contributed by atoms with Crippen LogP contribution in [0.4, 0.5) is 5.69 Å². The third-order valence-corrected chi connectivity index (χ3v) is 4.70. The molecule has 0 aliphatic carbocycles. The summed E-state index contributed by atoms with van der Waals surface area (Å²) in [7, 11) is 3.02. The molecule has 1 saturated heterocycles. The largest absolute Gasteiger partial charge is 0.496 e. The Morgan fingerprint density at radius 3 is 2.48 bits per heavy atom. The van der Waals surface area contributed by atoms with Crippen molar-refractivity contribution in [1.82, 2.24) is 5.32 Å². The van der Waals surface area contributed by atoms with Gasteiger partial charge in [0.25, 0.3) is 11.8 Å². The van der Waals surface area contributed by atoms with Gasteiger partial charge in [0.15, 0.2) is 5.11 Å². The number of nitrogens with one attached hydrogen (secondary N) is 1. The molecule has 0 unspecified atom stereocenters. The molecule has 0 aromatic heterocycles. The zero-order valence-electron chi connectivity index (χ0n) is 14.5. The smallest absolute Gasteiger partial charge is 0.270 e. The summed E-state index contributed by atoms with van der Waals surface area (Å²) in [6, 6.07) is 12.2. The first-order chi connectivity index (χ1) is 13.0. The number of amides is 2. The summed E-state index contributed by atoms with van der Waals surface area (Å²) < 4.78 is 11.4. The lowest BCUT2D eigenvalue weighted by Gasteiger charge is -2.29. The van der Waals surface area contributed by atoms with Gasteiger partial charge in [-0.05, 0) is 48.6 Å². The van der Waals surface area contributed by atoms with E-state index in [0.717, 1.165) is 4.47 Å². The topological polar surface area (TPSA) is 67.9 Å². The summed E-state index contributed by atoms with van der Waals surface area (Å²) >= 11 is 8.60. The highest BCUT2D eigenvalue weighted by atomic mass is 79.9. The zero-order valence-corrected chi connectivity index (χ0v) is 16.9. The summed E-state index contributed by atoms with van der Waals surface area (Å²) in [5.74, 6) is -0.125. The van der Waals surface area contributed by atoms with E-state index in [0.29, 0.717) is 22.7 Å². The van der Waals surface area contributed by atoms with Crippen molar-refractivity contribution in [3.05, 3.63) is 58.1 Å². The van der Waals surface area contributed by atoms with Crippen molar-refractivity contribution in [2.75, 3.05) is 19.1 Å². The number of para-hydroxylation sites is 2. The Kier molecular flexibility index (Phi) is 5.57. The second-order valence-electron chi connectivity index (χ2n) is 5.52. The standard InChI is InChI=1S/C19H15BrN2O4S/c1-25-15-8-7-12(20)9-11(15)10-13-17(23)21-19(27)22(18(13)24)14-5-3-4-6-16(14)26-2/h3-10H,1-2H3,(H,21,23,27)/b13-10+. The van der Waals surface area contributed by atoms with Crippen molar-refractivity contribution in [3.8, 4) is 11.5 Å². The minimum Gasteiger partial charge on any atom is -0.496 e. The van der Waals surface area contributed by atoms with Gasteiger partial charge in [-0.25, -0.2) is 4.90 Å². The van der Waals surface area contributed by atoms with Gasteiger partial charge in [0.1, 0.15) is 17.1 Å². The van der Waals surface area contributed by atoms with Crippen LogP contribution in [0.1, 0.15) is 5.56 Å². The third-order valence-electron chi connectivity index (χ3n) is 3.92. The molecule has 1 aliphatic heterocycles. The lowest BCUT2D eigenvalue weighted by atomic mass is 10.1. The Morgan fingerprint density at radius 1 is 1.07 bits per heavy atom. The van der Waals surface area contributed by atoms with Crippen molar-refractivity contribution in [2.45, 2.75) is 0 Å². The maximum Gasteiger partial charge on any atom is 0.270 e. The summed E-state index contributed by atoms with van der Waals surface area (Å²) in [5, 5.41) is 2.55. The highest BCUT2D eigenvalue weighted by Gasteiger charge is 2.35. The quantitative estimate of drug-likeness (QED) is 0.443. The second kappa shape index (κ2) is 7.89. The van der Waals surface area contributed by atoms with Gasteiger partial charge in [-0.2, -0.15) is 0 Å². The van der Waals surface area contributed by atoms with Crippen LogP contribution in [0, 0.1) is 0 Å². The molecule has 0 bridgehead atoms. The Balaban J connectivity index is 2.10. The van der Waals surface area contributed by atoms with Crippen LogP contribution in [-0.4, -0.2) is 31.1 Å². The van der Waals surface area contributed by atoms with Crippen LogP contribution < -0.4 is 19.7 Å². The summed E-state index contributed by atoms with van der Waals surface area (Å²) in [6.45, 7) is 0. The molecule has 1 N–H and O–H groups in total. The van der Waals surface area contributed by atoms with Crippen molar-refractivity contribution < 1.29 is 19.1 Å². The van der Waals surface area contributed by atoms with Gasteiger partial charge in [0, 0.05) is 10.0 Å². The number of benzene rings is 2. The number of anilines is 1. The Labute approximate surface area is 169 Å². The molecule has 0 radical (unpaired) electrons. The van der Waals surface area contributed by atoms with E-state index in [2.05, 4.69) is 21.2 Å².